The normalized spacial score (nSPS) is 12.4. The Morgan fingerprint density at radius 2 is 1.59 bits per heavy atom. The number of para-hydroxylation sites is 3. The molecule has 6 heteroatoms. The molecule has 0 radical (unpaired) electrons. The van der Waals surface area contributed by atoms with Crippen LogP contribution >= 0.6 is 0 Å². The van der Waals surface area contributed by atoms with Gasteiger partial charge < -0.3 is 10.4 Å². The lowest BCUT2D eigenvalue weighted by molar-refractivity contribution is 0.102. The maximum absolute atomic E-state index is 13.3. The molecule has 4 aromatic rings. The molecule has 1 aliphatic rings. The molecule has 0 saturated carbocycles. The Labute approximate surface area is 153 Å². The first-order chi connectivity index (χ1) is 13.1. The number of carbonyl (C=O) groups excluding carboxylic acids is 1. The molecule has 130 valence electrons. The molecule has 0 bridgehead atoms. The average Bonchev–Trinajstić information content (AvgIpc) is 2.68. The number of aromatic nitrogens is 2. The van der Waals surface area contributed by atoms with Crippen LogP contribution in [-0.4, -0.2) is 20.6 Å². The number of phenols is 1. The lowest BCUT2D eigenvalue weighted by atomic mass is 10.0. The summed E-state index contributed by atoms with van der Waals surface area (Å²) in [4.78, 5) is 30.8. The third-order valence-electron chi connectivity index (χ3n) is 4.67. The highest BCUT2D eigenvalue weighted by Gasteiger charge is 2.26. The summed E-state index contributed by atoms with van der Waals surface area (Å²) in [6.07, 6.45) is 0. The molecule has 0 fully saturated rings. The zero-order valence-corrected chi connectivity index (χ0v) is 14.0. The zero-order valence-electron chi connectivity index (χ0n) is 14.0. The van der Waals surface area contributed by atoms with Crippen molar-refractivity contribution < 1.29 is 9.90 Å². The van der Waals surface area contributed by atoms with Crippen LogP contribution in [0, 0.1) is 0 Å². The molecular weight excluding hydrogens is 342 g/mol. The number of phenolic OH excluding ortho intramolecular Hbond substituents is 1. The van der Waals surface area contributed by atoms with Gasteiger partial charge >= 0.3 is 0 Å². The van der Waals surface area contributed by atoms with E-state index in [1.54, 1.807) is 48.5 Å². The molecular formula is C21H13N3O3. The predicted octanol–water partition coefficient (Wildman–Crippen LogP) is 3.32. The molecule has 2 N–H and O–H groups in total. The Morgan fingerprint density at radius 1 is 0.852 bits per heavy atom. The molecule has 0 aliphatic carbocycles. The molecule has 1 aromatic heterocycles. The molecule has 2 heterocycles. The fourth-order valence-electron chi connectivity index (χ4n) is 3.45. The number of amides is 1. The minimum Gasteiger partial charge on any atom is -0.506 e. The Kier molecular flexibility index (Phi) is 3.14. The molecule has 1 amide bonds. The standard InChI is InChI=1S/C21H13N3O3/c25-17-11-5-8-14-18(17)24-19(12-6-1-3-9-15(12)23-20(14)26)22-16-10-4-2-7-13(16)21(24)27/h1-11,25H,(H,23,26). The van der Waals surface area contributed by atoms with Crippen molar-refractivity contribution in [3.05, 3.63) is 82.6 Å². The topological polar surface area (TPSA) is 84.2 Å². The van der Waals surface area contributed by atoms with Gasteiger partial charge in [0, 0.05) is 5.56 Å². The van der Waals surface area contributed by atoms with Gasteiger partial charge in [0.15, 0.2) is 0 Å². The first-order valence-corrected chi connectivity index (χ1v) is 8.40. The largest absolute Gasteiger partial charge is 0.506 e. The van der Waals surface area contributed by atoms with Crippen LogP contribution in [0.25, 0.3) is 28.0 Å². The summed E-state index contributed by atoms with van der Waals surface area (Å²) >= 11 is 0. The molecule has 5 rings (SSSR count). The first kappa shape index (κ1) is 15.3. The zero-order chi connectivity index (χ0) is 18.5. The van der Waals surface area contributed by atoms with Crippen molar-refractivity contribution in [2.45, 2.75) is 0 Å². The summed E-state index contributed by atoms with van der Waals surface area (Å²) in [5.41, 5.74) is 1.68. The molecule has 0 atom stereocenters. The lowest BCUT2D eigenvalue weighted by Gasteiger charge is -2.22. The van der Waals surface area contributed by atoms with Crippen molar-refractivity contribution in [3.63, 3.8) is 0 Å². The number of anilines is 1. The van der Waals surface area contributed by atoms with E-state index in [4.69, 9.17) is 0 Å². The van der Waals surface area contributed by atoms with Gasteiger partial charge in [-0.3, -0.25) is 14.2 Å². The van der Waals surface area contributed by atoms with E-state index in [0.717, 1.165) is 0 Å². The summed E-state index contributed by atoms with van der Waals surface area (Å²) in [7, 11) is 0. The third kappa shape index (κ3) is 2.17. The van der Waals surface area contributed by atoms with Crippen molar-refractivity contribution in [3.8, 4) is 22.8 Å². The molecule has 0 spiro atoms. The minimum atomic E-state index is -0.404. The Hall–Kier alpha value is -3.93. The smallest absolute Gasteiger partial charge is 0.266 e. The van der Waals surface area contributed by atoms with E-state index >= 15 is 0 Å². The highest BCUT2D eigenvalue weighted by Crippen LogP contribution is 2.35. The van der Waals surface area contributed by atoms with Crippen molar-refractivity contribution in [2.24, 2.45) is 0 Å². The van der Waals surface area contributed by atoms with Crippen molar-refractivity contribution in [1.82, 2.24) is 9.55 Å². The maximum Gasteiger partial charge on any atom is 0.266 e. The van der Waals surface area contributed by atoms with Gasteiger partial charge in [0.2, 0.25) is 0 Å². The number of aromatic hydroxyl groups is 1. The van der Waals surface area contributed by atoms with E-state index in [1.165, 1.54) is 10.6 Å². The third-order valence-corrected chi connectivity index (χ3v) is 4.67. The summed E-state index contributed by atoms with van der Waals surface area (Å²) in [5, 5.41) is 13.8. The second-order valence-electron chi connectivity index (χ2n) is 6.27. The Bertz CT molecular complexity index is 1310. The average molecular weight is 355 g/mol. The number of nitrogens with zero attached hydrogens (tertiary/aromatic N) is 2. The summed E-state index contributed by atoms with van der Waals surface area (Å²) < 4.78 is 1.32. The summed E-state index contributed by atoms with van der Waals surface area (Å²) in [6.45, 7) is 0. The van der Waals surface area contributed by atoms with Crippen LogP contribution in [0.2, 0.25) is 0 Å². The second kappa shape index (κ2) is 5.54. The van der Waals surface area contributed by atoms with Gasteiger partial charge in [-0.15, -0.1) is 0 Å². The van der Waals surface area contributed by atoms with Crippen LogP contribution in [0.1, 0.15) is 10.4 Å². The number of fused-ring (bicyclic) bond motifs is 6. The maximum atomic E-state index is 13.3. The summed E-state index contributed by atoms with van der Waals surface area (Å²) in [5.74, 6) is -0.210. The molecule has 27 heavy (non-hydrogen) atoms. The fraction of sp³-hybridized carbons (Fsp3) is 0. The minimum absolute atomic E-state index is 0.128. The molecule has 3 aromatic carbocycles. The van der Waals surface area contributed by atoms with Crippen LogP contribution in [-0.2, 0) is 0 Å². The van der Waals surface area contributed by atoms with E-state index in [0.29, 0.717) is 28.0 Å². The summed E-state index contributed by atoms with van der Waals surface area (Å²) in [6, 6.07) is 18.8. The van der Waals surface area contributed by atoms with Crippen LogP contribution < -0.4 is 10.9 Å². The highest BCUT2D eigenvalue weighted by molar-refractivity contribution is 6.10. The number of rotatable bonds is 0. The quantitative estimate of drug-likeness (QED) is 0.507. The van der Waals surface area contributed by atoms with Gasteiger partial charge in [-0.25, -0.2) is 4.98 Å². The Balaban J connectivity index is 2.05. The number of benzene rings is 3. The SMILES string of the molecule is O=C1Nc2ccccc2-c2nc3ccccc3c(=O)n2-c2c(O)cccc21. The van der Waals surface area contributed by atoms with Crippen LogP contribution in [0.4, 0.5) is 5.69 Å². The number of nitrogens with one attached hydrogen (secondary N) is 1. The number of hydrogen-bond donors (Lipinski definition) is 2. The van der Waals surface area contributed by atoms with Gasteiger partial charge in [0.1, 0.15) is 17.3 Å². The van der Waals surface area contributed by atoms with Crippen LogP contribution in [0.3, 0.4) is 0 Å². The van der Waals surface area contributed by atoms with E-state index in [1.807, 2.05) is 12.1 Å². The lowest BCUT2D eigenvalue weighted by Crippen LogP contribution is -2.27. The Morgan fingerprint density at radius 3 is 2.48 bits per heavy atom. The fourth-order valence-corrected chi connectivity index (χ4v) is 3.45. The van der Waals surface area contributed by atoms with Crippen molar-refractivity contribution in [1.29, 1.82) is 0 Å². The molecule has 6 nitrogen and oxygen atoms in total. The second-order valence-corrected chi connectivity index (χ2v) is 6.27. The van der Waals surface area contributed by atoms with Gasteiger partial charge in [-0.1, -0.05) is 30.3 Å². The van der Waals surface area contributed by atoms with Gasteiger partial charge in [-0.05, 0) is 36.4 Å². The van der Waals surface area contributed by atoms with E-state index < -0.39 is 5.91 Å². The molecule has 0 saturated heterocycles. The van der Waals surface area contributed by atoms with Gasteiger partial charge in [0.05, 0.1) is 22.2 Å². The molecule has 1 aliphatic heterocycles. The van der Waals surface area contributed by atoms with E-state index in [2.05, 4.69) is 10.3 Å². The number of hydrogen-bond acceptors (Lipinski definition) is 4. The monoisotopic (exact) mass is 355 g/mol. The van der Waals surface area contributed by atoms with Crippen LogP contribution in [0.15, 0.2) is 71.5 Å². The van der Waals surface area contributed by atoms with Gasteiger partial charge in [-0.2, -0.15) is 0 Å². The molecule has 0 unspecified atom stereocenters. The van der Waals surface area contributed by atoms with E-state index in [-0.39, 0.29) is 22.6 Å². The van der Waals surface area contributed by atoms with Crippen molar-refractivity contribution in [2.75, 3.05) is 5.32 Å². The predicted molar refractivity (Wildman–Crippen MR) is 102 cm³/mol. The van der Waals surface area contributed by atoms with Gasteiger partial charge in [0.25, 0.3) is 11.5 Å². The number of carbonyl (C=O) groups is 1. The first-order valence-electron chi connectivity index (χ1n) is 8.40. The van der Waals surface area contributed by atoms with Crippen LogP contribution in [0.5, 0.6) is 5.75 Å². The highest BCUT2D eigenvalue weighted by atomic mass is 16.3. The van der Waals surface area contributed by atoms with E-state index in [9.17, 15) is 14.7 Å². The van der Waals surface area contributed by atoms with Crippen molar-refractivity contribution >= 4 is 22.5 Å².